The number of sulfonamides is 1. The number of hydrogen-bond donors (Lipinski definition) is 2. The molecule has 0 radical (unpaired) electrons. The van der Waals surface area contributed by atoms with E-state index in [0.29, 0.717) is 19.4 Å². The van der Waals surface area contributed by atoms with Crippen LogP contribution in [0.2, 0.25) is 0 Å². The zero-order valence-electron chi connectivity index (χ0n) is 15.5. The second-order valence-electron chi connectivity index (χ2n) is 7.41. The van der Waals surface area contributed by atoms with Gasteiger partial charge in [0.05, 0.1) is 17.1 Å². The van der Waals surface area contributed by atoms with Gasteiger partial charge >= 0.3 is 5.97 Å². The molecule has 0 spiro atoms. The zero-order valence-corrected chi connectivity index (χ0v) is 16.3. The summed E-state index contributed by atoms with van der Waals surface area (Å²) in [4.78, 5) is 10.9. The summed E-state index contributed by atoms with van der Waals surface area (Å²) in [5, 5.41) is 8.70. The standard InChI is InChI=1S/C20H27NO5S/c1-14-7-9-15(10-8-14)27(24,25)21-13-17-16(18-11-12-19(17)26-18)5-3-2-4-6-20(22)23/h3,5,7-10,16-19,21H,2,4,6,11-13H2,1H3,(H,22,23)/b5-3+. The van der Waals surface area contributed by atoms with Gasteiger partial charge in [-0.1, -0.05) is 29.8 Å². The molecule has 4 unspecified atom stereocenters. The largest absolute Gasteiger partial charge is 0.481 e. The average molecular weight is 394 g/mol. The number of carbonyl (C=O) groups is 1. The number of unbranched alkanes of at least 4 members (excludes halogenated alkanes) is 1. The lowest BCUT2D eigenvalue weighted by molar-refractivity contribution is -0.137. The molecular formula is C20H27NO5S. The topological polar surface area (TPSA) is 92.7 Å². The molecule has 2 aliphatic heterocycles. The number of benzene rings is 1. The van der Waals surface area contributed by atoms with Crippen LogP contribution in [0.4, 0.5) is 0 Å². The summed E-state index contributed by atoms with van der Waals surface area (Å²) in [6, 6.07) is 6.82. The minimum atomic E-state index is -3.54. The van der Waals surface area contributed by atoms with Crippen molar-refractivity contribution in [1.29, 1.82) is 0 Å². The van der Waals surface area contributed by atoms with Gasteiger partial charge in [0.25, 0.3) is 0 Å². The first-order valence-corrected chi connectivity index (χ1v) is 11.0. The molecule has 148 valence electrons. The van der Waals surface area contributed by atoms with Gasteiger partial charge in [0, 0.05) is 24.8 Å². The highest BCUT2D eigenvalue weighted by Crippen LogP contribution is 2.44. The molecule has 2 heterocycles. The molecule has 2 saturated heterocycles. The average Bonchev–Trinajstić information content (AvgIpc) is 3.21. The monoisotopic (exact) mass is 393 g/mol. The number of aliphatic carboxylic acids is 1. The molecule has 0 amide bonds. The third-order valence-electron chi connectivity index (χ3n) is 5.45. The van der Waals surface area contributed by atoms with Crippen LogP contribution in [0.25, 0.3) is 0 Å². The second kappa shape index (κ2) is 8.54. The first kappa shape index (κ1) is 20.0. The molecule has 4 atom stereocenters. The normalized spacial score (nSPS) is 27.4. The van der Waals surface area contributed by atoms with Crippen LogP contribution in [-0.4, -0.2) is 38.2 Å². The summed E-state index contributed by atoms with van der Waals surface area (Å²) < 4.78 is 33.8. The highest BCUT2D eigenvalue weighted by Gasteiger charge is 2.47. The first-order chi connectivity index (χ1) is 12.9. The Hall–Kier alpha value is -1.70. The lowest BCUT2D eigenvalue weighted by Gasteiger charge is -2.26. The van der Waals surface area contributed by atoms with Crippen LogP contribution in [0, 0.1) is 18.8 Å². The first-order valence-electron chi connectivity index (χ1n) is 9.47. The minimum Gasteiger partial charge on any atom is -0.481 e. The number of fused-ring (bicyclic) bond motifs is 2. The fraction of sp³-hybridized carbons (Fsp3) is 0.550. The van der Waals surface area contributed by atoms with Crippen molar-refractivity contribution in [2.45, 2.75) is 56.1 Å². The number of ether oxygens (including phenoxy) is 1. The summed E-state index contributed by atoms with van der Waals surface area (Å²) in [7, 11) is -3.54. The van der Waals surface area contributed by atoms with E-state index >= 15 is 0 Å². The highest BCUT2D eigenvalue weighted by atomic mass is 32.2. The van der Waals surface area contributed by atoms with Crippen molar-refractivity contribution in [3.8, 4) is 0 Å². The predicted molar refractivity (Wildman–Crippen MR) is 102 cm³/mol. The van der Waals surface area contributed by atoms with Gasteiger partial charge < -0.3 is 9.84 Å². The van der Waals surface area contributed by atoms with Crippen LogP contribution in [0.3, 0.4) is 0 Å². The van der Waals surface area contributed by atoms with Gasteiger partial charge in [0.1, 0.15) is 0 Å². The van der Waals surface area contributed by atoms with Crippen LogP contribution >= 0.6 is 0 Å². The van der Waals surface area contributed by atoms with Gasteiger partial charge in [0.2, 0.25) is 10.0 Å². The lowest BCUT2D eigenvalue weighted by atomic mass is 9.79. The maximum absolute atomic E-state index is 12.6. The van der Waals surface area contributed by atoms with E-state index in [4.69, 9.17) is 9.84 Å². The number of carboxylic acids is 1. The molecule has 7 heteroatoms. The number of aryl methyl sites for hydroxylation is 1. The number of allylic oxidation sites excluding steroid dienone is 1. The van der Waals surface area contributed by atoms with E-state index in [1.54, 1.807) is 24.3 Å². The van der Waals surface area contributed by atoms with E-state index in [-0.39, 0.29) is 35.4 Å². The number of rotatable bonds is 9. The summed E-state index contributed by atoms with van der Waals surface area (Å²) in [6.45, 7) is 2.27. The highest BCUT2D eigenvalue weighted by molar-refractivity contribution is 7.89. The van der Waals surface area contributed by atoms with Crippen molar-refractivity contribution >= 4 is 16.0 Å². The third-order valence-corrected chi connectivity index (χ3v) is 6.89. The van der Waals surface area contributed by atoms with E-state index in [0.717, 1.165) is 18.4 Å². The maximum Gasteiger partial charge on any atom is 0.303 e. The van der Waals surface area contributed by atoms with E-state index < -0.39 is 16.0 Å². The Balaban J connectivity index is 1.59. The summed E-state index contributed by atoms with van der Waals surface area (Å²) in [5.41, 5.74) is 1.02. The molecule has 2 fully saturated rings. The van der Waals surface area contributed by atoms with Crippen LogP contribution in [0.5, 0.6) is 0 Å². The quantitative estimate of drug-likeness (QED) is 0.497. The number of carboxylic acid groups (broad SMARTS) is 1. The van der Waals surface area contributed by atoms with Crippen LogP contribution in [-0.2, 0) is 19.6 Å². The summed E-state index contributed by atoms with van der Waals surface area (Å²) in [6.07, 6.45) is 7.78. The molecule has 27 heavy (non-hydrogen) atoms. The van der Waals surface area contributed by atoms with Crippen molar-refractivity contribution in [1.82, 2.24) is 4.72 Å². The molecule has 0 aromatic heterocycles. The Labute approximate surface area is 160 Å². The van der Waals surface area contributed by atoms with Crippen LogP contribution < -0.4 is 4.72 Å². The summed E-state index contributed by atoms with van der Waals surface area (Å²) >= 11 is 0. The fourth-order valence-electron chi connectivity index (χ4n) is 3.98. The van der Waals surface area contributed by atoms with E-state index in [1.807, 2.05) is 13.0 Å². The lowest BCUT2D eigenvalue weighted by Crippen LogP contribution is -2.37. The Kier molecular flexibility index (Phi) is 6.34. The molecule has 0 saturated carbocycles. The van der Waals surface area contributed by atoms with Gasteiger partial charge in [-0.05, 0) is 44.7 Å². The molecule has 3 rings (SSSR count). The molecule has 0 aliphatic carbocycles. The SMILES string of the molecule is Cc1ccc(S(=O)(=O)NCC2C3CCC(O3)C2/C=C/CCCC(=O)O)cc1. The molecule has 1 aromatic carbocycles. The Morgan fingerprint density at radius 1 is 1.26 bits per heavy atom. The Morgan fingerprint density at radius 3 is 2.67 bits per heavy atom. The van der Waals surface area contributed by atoms with E-state index in [1.165, 1.54) is 0 Å². The number of nitrogens with one attached hydrogen (secondary N) is 1. The van der Waals surface area contributed by atoms with Crippen molar-refractivity contribution < 1.29 is 23.1 Å². The second-order valence-corrected chi connectivity index (χ2v) is 9.18. The Morgan fingerprint density at radius 2 is 1.96 bits per heavy atom. The van der Waals surface area contributed by atoms with Crippen LogP contribution in [0.1, 0.15) is 37.7 Å². The van der Waals surface area contributed by atoms with Gasteiger partial charge in [-0.2, -0.15) is 0 Å². The van der Waals surface area contributed by atoms with Gasteiger partial charge in [-0.3, -0.25) is 4.79 Å². The summed E-state index contributed by atoms with van der Waals surface area (Å²) in [5.74, 6) is -0.496. The molecular weight excluding hydrogens is 366 g/mol. The molecule has 6 nitrogen and oxygen atoms in total. The Bertz CT molecular complexity index is 787. The van der Waals surface area contributed by atoms with Crippen molar-refractivity contribution in [3.63, 3.8) is 0 Å². The van der Waals surface area contributed by atoms with Gasteiger partial charge in [-0.15, -0.1) is 0 Å². The smallest absolute Gasteiger partial charge is 0.303 e. The van der Waals surface area contributed by atoms with Crippen molar-refractivity contribution in [2.75, 3.05) is 6.54 Å². The van der Waals surface area contributed by atoms with Crippen molar-refractivity contribution in [2.24, 2.45) is 11.8 Å². The molecule has 1 aromatic rings. The molecule has 2 N–H and O–H groups in total. The van der Waals surface area contributed by atoms with E-state index in [9.17, 15) is 13.2 Å². The van der Waals surface area contributed by atoms with Gasteiger partial charge in [-0.25, -0.2) is 13.1 Å². The molecule has 2 aliphatic rings. The fourth-order valence-corrected chi connectivity index (χ4v) is 5.05. The van der Waals surface area contributed by atoms with Crippen molar-refractivity contribution in [3.05, 3.63) is 42.0 Å². The predicted octanol–water partition coefficient (Wildman–Crippen LogP) is 2.88. The van der Waals surface area contributed by atoms with Gasteiger partial charge in [0.15, 0.2) is 0 Å². The third kappa shape index (κ3) is 4.97. The van der Waals surface area contributed by atoms with E-state index in [2.05, 4.69) is 10.8 Å². The van der Waals surface area contributed by atoms with Crippen LogP contribution in [0.15, 0.2) is 41.3 Å². The minimum absolute atomic E-state index is 0.0874. The zero-order chi connectivity index (χ0) is 19.4. The molecule has 2 bridgehead atoms. The number of hydrogen-bond acceptors (Lipinski definition) is 4. The maximum atomic E-state index is 12.6.